The summed E-state index contributed by atoms with van der Waals surface area (Å²) < 4.78 is 0. The van der Waals surface area contributed by atoms with Crippen LogP contribution in [0, 0.1) is 0 Å². The van der Waals surface area contributed by atoms with E-state index < -0.39 is 0 Å². The number of nitrogens with one attached hydrogen (secondary N) is 1. The summed E-state index contributed by atoms with van der Waals surface area (Å²) in [6.07, 6.45) is 1.15. The lowest BCUT2D eigenvalue weighted by Crippen LogP contribution is -2.23. The second kappa shape index (κ2) is 7.65. The van der Waals surface area contributed by atoms with E-state index in [4.69, 9.17) is 11.6 Å². The molecular weight excluding hydrogens is 244 g/mol. The molecule has 0 saturated heterocycles. The maximum atomic E-state index is 6.39. The summed E-state index contributed by atoms with van der Waals surface area (Å²) in [5.41, 5.74) is 2.39. The molecule has 0 bridgehead atoms. The second-order valence-electron chi connectivity index (χ2n) is 4.56. The quantitative estimate of drug-likeness (QED) is 0.795. The van der Waals surface area contributed by atoms with Gasteiger partial charge in [-0.05, 0) is 51.4 Å². The Morgan fingerprint density at radius 3 is 2.39 bits per heavy atom. The van der Waals surface area contributed by atoms with Gasteiger partial charge in [-0.1, -0.05) is 24.6 Å². The first-order chi connectivity index (χ1) is 8.63. The van der Waals surface area contributed by atoms with Gasteiger partial charge >= 0.3 is 0 Å². The predicted octanol–water partition coefficient (Wildman–Crippen LogP) is 4.25. The van der Waals surface area contributed by atoms with Gasteiger partial charge in [-0.2, -0.15) is 0 Å². The Hall–Kier alpha value is -0.730. The molecule has 1 aromatic rings. The van der Waals surface area contributed by atoms with Crippen molar-refractivity contribution in [2.45, 2.75) is 40.2 Å². The van der Waals surface area contributed by atoms with Crippen LogP contribution in [0.15, 0.2) is 18.2 Å². The van der Waals surface area contributed by atoms with Crippen molar-refractivity contribution in [3.8, 4) is 0 Å². The van der Waals surface area contributed by atoms with Crippen molar-refractivity contribution in [1.29, 1.82) is 0 Å². The first kappa shape index (κ1) is 15.3. The van der Waals surface area contributed by atoms with E-state index in [9.17, 15) is 0 Å². The molecule has 0 aliphatic carbocycles. The monoisotopic (exact) mass is 268 g/mol. The van der Waals surface area contributed by atoms with Crippen LogP contribution in [0.2, 0.25) is 5.02 Å². The van der Waals surface area contributed by atoms with Crippen LogP contribution >= 0.6 is 11.6 Å². The Kier molecular flexibility index (Phi) is 6.51. The normalized spacial score (nSPS) is 12.5. The van der Waals surface area contributed by atoms with Crippen molar-refractivity contribution >= 4 is 17.3 Å². The fourth-order valence-corrected chi connectivity index (χ4v) is 2.40. The molecule has 1 unspecified atom stereocenters. The van der Waals surface area contributed by atoms with E-state index in [-0.39, 0.29) is 0 Å². The molecule has 1 atom stereocenters. The van der Waals surface area contributed by atoms with Crippen LogP contribution in [-0.4, -0.2) is 19.6 Å². The van der Waals surface area contributed by atoms with E-state index in [1.165, 1.54) is 5.56 Å². The van der Waals surface area contributed by atoms with Crippen LogP contribution < -0.4 is 10.2 Å². The summed E-state index contributed by atoms with van der Waals surface area (Å²) in [4.78, 5) is 2.27. The summed E-state index contributed by atoms with van der Waals surface area (Å²) >= 11 is 6.39. The molecule has 3 heteroatoms. The van der Waals surface area contributed by atoms with Gasteiger partial charge in [0.25, 0.3) is 0 Å². The average Bonchev–Trinajstić information content (AvgIpc) is 2.39. The molecule has 0 spiro atoms. The summed E-state index contributed by atoms with van der Waals surface area (Å²) in [5.74, 6) is 0. The largest absolute Gasteiger partial charge is 0.371 e. The lowest BCUT2D eigenvalue weighted by molar-refractivity contribution is 0.571. The Morgan fingerprint density at radius 1 is 1.22 bits per heavy atom. The summed E-state index contributed by atoms with van der Waals surface area (Å²) in [7, 11) is 0. The zero-order valence-electron chi connectivity index (χ0n) is 12.0. The molecule has 18 heavy (non-hydrogen) atoms. The standard InChI is InChI=1S/C15H25ClN2/c1-5-10-17-12(4)13-8-9-15(14(16)11-13)18(6-2)7-3/h8-9,11-12,17H,5-7,10H2,1-4H3. The molecule has 1 aromatic carbocycles. The van der Waals surface area contributed by atoms with Crippen LogP contribution in [0.3, 0.4) is 0 Å². The highest BCUT2D eigenvalue weighted by Gasteiger charge is 2.10. The lowest BCUT2D eigenvalue weighted by atomic mass is 10.1. The molecule has 0 fully saturated rings. The first-order valence-electron chi connectivity index (χ1n) is 6.91. The smallest absolute Gasteiger partial charge is 0.0642 e. The fraction of sp³-hybridized carbons (Fsp3) is 0.600. The SMILES string of the molecule is CCCNC(C)c1ccc(N(CC)CC)c(Cl)c1. The molecule has 0 aromatic heterocycles. The fourth-order valence-electron chi connectivity index (χ4n) is 2.09. The molecular formula is C15H25ClN2. The molecule has 1 N–H and O–H groups in total. The highest BCUT2D eigenvalue weighted by Crippen LogP contribution is 2.28. The lowest BCUT2D eigenvalue weighted by Gasteiger charge is -2.23. The second-order valence-corrected chi connectivity index (χ2v) is 4.97. The van der Waals surface area contributed by atoms with Gasteiger partial charge in [-0.25, -0.2) is 0 Å². The summed E-state index contributed by atoms with van der Waals surface area (Å²) in [6, 6.07) is 6.75. The minimum absolute atomic E-state index is 0.355. The summed E-state index contributed by atoms with van der Waals surface area (Å²) in [6.45, 7) is 11.7. The van der Waals surface area contributed by atoms with Crippen molar-refractivity contribution in [1.82, 2.24) is 5.32 Å². The minimum Gasteiger partial charge on any atom is -0.371 e. The molecule has 0 saturated carbocycles. The van der Waals surface area contributed by atoms with Crippen LogP contribution in [-0.2, 0) is 0 Å². The van der Waals surface area contributed by atoms with Gasteiger partial charge in [-0.15, -0.1) is 0 Å². The van der Waals surface area contributed by atoms with Gasteiger partial charge in [0.15, 0.2) is 0 Å². The number of hydrogen-bond donors (Lipinski definition) is 1. The number of benzene rings is 1. The number of hydrogen-bond acceptors (Lipinski definition) is 2. The molecule has 102 valence electrons. The number of rotatable bonds is 7. The minimum atomic E-state index is 0.355. The summed E-state index contributed by atoms with van der Waals surface area (Å²) in [5, 5.41) is 4.33. The number of halogens is 1. The van der Waals surface area contributed by atoms with Crippen LogP contribution in [0.25, 0.3) is 0 Å². The van der Waals surface area contributed by atoms with Crippen molar-refractivity contribution in [2.75, 3.05) is 24.5 Å². The Morgan fingerprint density at radius 2 is 1.89 bits per heavy atom. The van der Waals surface area contributed by atoms with E-state index in [1.807, 2.05) is 0 Å². The van der Waals surface area contributed by atoms with E-state index in [0.717, 1.165) is 36.8 Å². The third-order valence-electron chi connectivity index (χ3n) is 3.28. The van der Waals surface area contributed by atoms with Gasteiger partial charge in [0, 0.05) is 19.1 Å². The van der Waals surface area contributed by atoms with E-state index >= 15 is 0 Å². The molecule has 0 amide bonds. The Labute approximate surface area is 116 Å². The van der Waals surface area contributed by atoms with Crippen LogP contribution in [0.1, 0.15) is 45.7 Å². The highest BCUT2D eigenvalue weighted by atomic mass is 35.5. The highest BCUT2D eigenvalue weighted by molar-refractivity contribution is 6.33. The molecule has 1 rings (SSSR count). The molecule has 2 nitrogen and oxygen atoms in total. The van der Waals surface area contributed by atoms with Crippen LogP contribution in [0.5, 0.6) is 0 Å². The maximum Gasteiger partial charge on any atom is 0.0642 e. The molecule has 0 aliphatic heterocycles. The molecule has 0 radical (unpaired) electrons. The third kappa shape index (κ3) is 3.89. The molecule has 0 aliphatic rings. The Bertz CT molecular complexity index is 362. The first-order valence-corrected chi connectivity index (χ1v) is 7.29. The topological polar surface area (TPSA) is 15.3 Å². The third-order valence-corrected chi connectivity index (χ3v) is 3.58. The van der Waals surface area contributed by atoms with E-state index in [2.05, 4.69) is 56.1 Å². The van der Waals surface area contributed by atoms with Crippen molar-refractivity contribution in [2.24, 2.45) is 0 Å². The van der Waals surface area contributed by atoms with Gasteiger partial charge < -0.3 is 10.2 Å². The van der Waals surface area contributed by atoms with Gasteiger partial charge in [0.1, 0.15) is 0 Å². The van der Waals surface area contributed by atoms with E-state index in [0.29, 0.717) is 6.04 Å². The number of anilines is 1. The zero-order chi connectivity index (χ0) is 13.5. The van der Waals surface area contributed by atoms with Crippen molar-refractivity contribution in [3.63, 3.8) is 0 Å². The Balaban J connectivity index is 2.84. The van der Waals surface area contributed by atoms with Crippen molar-refractivity contribution in [3.05, 3.63) is 28.8 Å². The predicted molar refractivity (Wildman–Crippen MR) is 81.7 cm³/mol. The number of nitrogens with zero attached hydrogens (tertiary/aromatic N) is 1. The average molecular weight is 269 g/mol. The van der Waals surface area contributed by atoms with Crippen LogP contribution in [0.4, 0.5) is 5.69 Å². The van der Waals surface area contributed by atoms with Gasteiger partial charge in [0.2, 0.25) is 0 Å². The zero-order valence-corrected chi connectivity index (χ0v) is 12.7. The van der Waals surface area contributed by atoms with Gasteiger partial charge in [-0.3, -0.25) is 0 Å². The molecule has 0 heterocycles. The van der Waals surface area contributed by atoms with E-state index in [1.54, 1.807) is 0 Å². The maximum absolute atomic E-state index is 6.39. The van der Waals surface area contributed by atoms with Gasteiger partial charge in [0.05, 0.1) is 10.7 Å². The van der Waals surface area contributed by atoms with Crippen molar-refractivity contribution < 1.29 is 0 Å².